The molecule has 13 nitrogen and oxygen atoms in total. The number of aryl methyl sites for hydroxylation is 2. The highest BCUT2D eigenvalue weighted by Gasteiger charge is 2.18. The maximum absolute atomic E-state index is 12.7. The summed E-state index contributed by atoms with van der Waals surface area (Å²) in [6.07, 6.45) is 0.848. The molecule has 4 rings (SSSR count). The summed E-state index contributed by atoms with van der Waals surface area (Å²) in [6.45, 7) is 2.35. The monoisotopic (exact) mass is 494 g/mol. The summed E-state index contributed by atoms with van der Waals surface area (Å²) in [5, 5.41) is 15.8. The van der Waals surface area contributed by atoms with Crippen LogP contribution in [0, 0.1) is 10.1 Å². The lowest BCUT2D eigenvalue weighted by atomic mass is 10.1. The molecular formula is C23H22N6O7. The van der Waals surface area contributed by atoms with Crippen LogP contribution in [0.15, 0.2) is 56.5 Å². The SMILES string of the molecule is CCCn1nc(C(=O)NNC(=O)CCCn2c(=O)oc3cc([N+](=O)[O-])ccc32)c2ccccc2c1=O. The van der Waals surface area contributed by atoms with E-state index in [-0.39, 0.29) is 41.9 Å². The Balaban J connectivity index is 1.39. The lowest BCUT2D eigenvalue weighted by Gasteiger charge is -2.11. The van der Waals surface area contributed by atoms with Crippen molar-refractivity contribution >= 4 is 39.4 Å². The fraction of sp³-hybridized carbons (Fsp3) is 0.261. The van der Waals surface area contributed by atoms with Gasteiger partial charge in [0.1, 0.15) is 0 Å². The van der Waals surface area contributed by atoms with Crippen molar-refractivity contribution in [2.45, 2.75) is 39.3 Å². The first-order chi connectivity index (χ1) is 17.3. The van der Waals surface area contributed by atoms with Crippen molar-refractivity contribution in [2.24, 2.45) is 0 Å². The van der Waals surface area contributed by atoms with Gasteiger partial charge in [-0.25, -0.2) is 9.48 Å². The Kier molecular flexibility index (Phi) is 6.90. The number of rotatable bonds is 8. The zero-order chi connectivity index (χ0) is 25.8. The molecule has 36 heavy (non-hydrogen) atoms. The number of amides is 2. The molecular weight excluding hydrogens is 472 g/mol. The lowest BCUT2D eigenvalue weighted by Crippen LogP contribution is -2.42. The summed E-state index contributed by atoms with van der Waals surface area (Å²) >= 11 is 0. The van der Waals surface area contributed by atoms with Crippen molar-refractivity contribution in [1.29, 1.82) is 0 Å². The number of hydrazine groups is 1. The van der Waals surface area contributed by atoms with Crippen LogP contribution in [0.2, 0.25) is 0 Å². The van der Waals surface area contributed by atoms with Crippen molar-refractivity contribution in [3.8, 4) is 0 Å². The number of hydrogen-bond donors (Lipinski definition) is 2. The van der Waals surface area contributed by atoms with Crippen LogP contribution in [0.4, 0.5) is 5.69 Å². The topological polar surface area (TPSA) is 171 Å². The number of nitrogens with one attached hydrogen (secondary N) is 2. The van der Waals surface area contributed by atoms with Crippen molar-refractivity contribution in [2.75, 3.05) is 0 Å². The van der Waals surface area contributed by atoms with Crippen molar-refractivity contribution in [3.05, 3.63) is 79.2 Å². The Labute approximate surface area is 202 Å². The number of fused-ring (bicyclic) bond motifs is 2. The van der Waals surface area contributed by atoms with Crippen LogP contribution in [-0.2, 0) is 17.9 Å². The first-order valence-electron chi connectivity index (χ1n) is 11.2. The number of nitro benzene ring substituents is 1. The number of aromatic nitrogens is 3. The van der Waals surface area contributed by atoms with E-state index >= 15 is 0 Å². The normalized spacial score (nSPS) is 11.0. The Hall–Kier alpha value is -4.81. The minimum atomic E-state index is -0.695. The molecule has 4 aromatic rings. The van der Waals surface area contributed by atoms with E-state index in [2.05, 4.69) is 16.0 Å². The molecule has 0 aliphatic carbocycles. The summed E-state index contributed by atoms with van der Waals surface area (Å²) in [7, 11) is 0. The molecule has 0 unspecified atom stereocenters. The summed E-state index contributed by atoms with van der Waals surface area (Å²) in [5.41, 5.74) is 4.58. The maximum Gasteiger partial charge on any atom is 0.419 e. The van der Waals surface area contributed by atoms with Gasteiger partial charge in [0, 0.05) is 31.0 Å². The minimum absolute atomic E-state index is 0.00413. The summed E-state index contributed by atoms with van der Waals surface area (Å²) < 4.78 is 7.56. The number of carbonyl (C=O) groups is 2. The van der Waals surface area contributed by atoms with Gasteiger partial charge in [-0.1, -0.05) is 25.1 Å². The molecule has 186 valence electrons. The number of nitrogens with zero attached hydrogens (tertiary/aromatic N) is 4. The third kappa shape index (κ3) is 4.85. The standard InChI is InChI=1S/C23H22N6O7/c1-2-11-28-22(32)16-7-4-3-6-15(16)20(26-28)21(31)25-24-19(30)8-5-12-27-17-10-9-14(29(34)35)13-18(17)36-23(27)33/h3-4,6-7,9-10,13H,2,5,8,11-12H2,1H3,(H,24,30)(H,25,31). The molecule has 0 fully saturated rings. The number of carbonyl (C=O) groups excluding carboxylic acids is 2. The predicted molar refractivity (Wildman–Crippen MR) is 128 cm³/mol. The number of nitro groups is 1. The molecule has 0 saturated heterocycles. The highest BCUT2D eigenvalue weighted by atomic mass is 16.6. The number of benzene rings is 2. The molecule has 0 spiro atoms. The van der Waals surface area contributed by atoms with Crippen LogP contribution in [0.25, 0.3) is 21.9 Å². The number of oxazole rings is 1. The van der Waals surface area contributed by atoms with Gasteiger partial charge in [-0.2, -0.15) is 5.10 Å². The van der Waals surface area contributed by atoms with Crippen molar-refractivity contribution in [1.82, 2.24) is 25.2 Å². The van der Waals surface area contributed by atoms with Crippen LogP contribution in [0.3, 0.4) is 0 Å². The molecule has 0 atom stereocenters. The van der Waals surface area contributed by atoms with Crippen molar-refractivity contribution < 1.29 is 18.9 Å². The third-order valence-corrected chi connectivity index (χ3v) is 5.48. The second-order valence-electron chi connectivity index (χ2n) is 7.96. The van der Waals surface area contributed by atoms with E-state index in [1.165, 1.54) is 21.4 Å². The maximum atomic E-state index is 12.7. The molecule has 13 heteroatoms. The van der Waals surface area contributed by atoms with E-state index in [0.717, 1.165) is 6.07 Å². The number of non-ortho nitro benzene ring substituents is 1. The first kappa shape index (κ1) is 24.3. The molecule has 2 N–H and O–H groups in total. The summed E-state index contributed by atoms with van der Waals surface area (Å²) in [4.78, 5) is 60.0. The summed E-state index contributed by atoms with van der Waals surface area (Å²) in [5.74, 6) is -1.88. The van der Waals surface area contributed by atoms with Crippen LogP contribution >= 0.6 is 0 Å². The smallest absolute Gasteiger partial charge is 0.407 e. The molecule has 0 radical (unpaired) electrons. The Morgan fingerprint density at radius 1 is 1.08 bits per heavy atom. The molecule has 2 amide bonds. The number of hydrogen-bond acceptors (Lipinski definition) is 8. The van der Waals surface area contributed by atoms with E-state index in [9.17, 15) is 29.3 Å². The van der Waals surface area contributed by atoms with Crippen LogP contribution in [-0.4, -0.2) is 31.1 Å². The van der Waals surface area contributed by atoms with Gasteiger partial charge in [0.25, 0.3) is 17.2 Å². The van der Waals surface area contributed by atoms with Gasteiger partial charge >= 0.3 is 5.76 Å². The molecule has 2 aromatic carbocycles. The third-order valence-electron chi connectivity index (χ3n) is 5.48. The van der Waals surface area contributed by atoms with Gasteiger partial charge < -0.3 is 4.42 Å². The van der Waals surface area contributed by atoms with Gasteiger partial charge in [-0.05, 0) is 25.0 Å². The first-order valence-corrected chi connectivity index (χ1v) is 11.2. The molecule has 0 aliphatic rings. The van der Waals surface area contributed by atoms with Gasteiger partial charge in [0.05, 0.1) is 21.9 Å². The van der Waals surface area contributed by atoms with Gasteiger partial charge in [-0.3, -0.25) is 39.9 Å². The Morgan fingerprint density at radius 3 is 2.56 bits per heavy atom. The zero-order valence-electron chi connectivity index (χ0n) is 19.2. The quantitative estimate of drug-likeness (QED) is 0.276. The highest BCUT2D eigenvalue weighted by Crippen LogP contribution is 2.20. The summed E-state index contributed by atoms with van der Waals surface area (Å²) in [6, 6.07) is 10.4. The van der Waals surface area contributed by atoms with E-state index in [0.29, 0.717) is 29.3 Å². The van der Waals surface area contributed by atoms with E-state index in [1.807, 2.05) is 6.92 Å². The van der Waals surface area contributed by atoms with E-state index in [1.54, 1.807) is 24.3 Å². The Bertz CT molecular complexity index is 1600. The lowest BCUT2D eigenvalue weighted by molar-refractivity contribution is -0.384. The van der Waals surface area contributed by atoms with Crippen LogP contribution in [0.1, 0.15) is 36.7 Å². The fourth-order valence-corrected chi connectivity index (χ4v) is 3.79. The molecule has 2 heterocycles. The molecule has 0 bridgehead atoms. The van der Waals surface area contributed by atoms with Crippen LogP contribution < -0.4 is 22.2 Å². The zero-order valence-corrected chi connectivity index (χ0v) is 19.2. The molecule has 2 aromatic heterocycles. The van der Waals surface area contributed by atoms with E-state index in [4.69, 9.17) is 4.42 Å². The second-order valence-corrected chi connectivity index (χ2v) is 7.96. The average Bonchev–Trinajstić information content (AvgIpc) is 3.18. The average molecular weight is 494 g/mol. The predicted octanol–water partition coefficient (Wildman–Crippen LogP) is 1.86. The molecule has 0 aliphatic heterocycles. The highest BCUT2D eigenvalue weighted by molar-refractivity contribution is 6.05. The van der Waals surface area contributed by atoms with Gasteiger partial charge in [0.15, 0.2) is 11.3 Å². The van der Waals surface area contributed by atoms with Gasteiger partial charge in [-0.15, -0.1) is 0 Å². The van der Waals surface area contributed by atoms with E-state index < -0.39 is 22.5 Å². The van der Waals surface area contributed by atoms with Crippen LogP contribution in [0.5, 0.6) is 0 Å². The largest absolute Gasteiger partial charge is 0.419 e. The fourth-order valence-electron chi connectivity index (χ4n) is 3.79. The van der Waals surface area contributed by atoms with Crippen molar-refractivity contribution in [3.63, 3.8) is 0 Å². The molecule has 0 saturated carbocycles. The minimum Gasteiger partial charge on any atom is -0.407 e. The van der Waals surface area contributed by atoms with Gasteiger partial charge in [0.2, 0.25) is 5.91 Å². The second kappa shape index (κ2) is 10.2. The Morgan fingerprint density at radius 2 is 1.83 bits per heavy atom.